The van der Waals surface area contributed by atoms with E-state index in [4.69, 9.17) is 19.2 Å². The first kappa shape index (κ1) is 25.6. The summed E-state index contributed by atoms with van der Waals surface area (Å²) in [6, 6.07) is 16.2. The number of benzene rings is 3. The van der Waals surface area contributed by atoms with E-state index in [-0.39, 0.29) is 11.5 Å². The number of aromatic nitrogens is 2. The molecule has 0 spiro atoms. The molecule has 190 valence electrons. The average molecular weight is 500 g/mol. The monoisotopic (exact) mass is 499 g/mol. The number of ether oxygens (including phenoxy) is 3. The zero-order chi connectivity index (χ0) is 26.7. The summed E-state index contributed by atoms with van der Waals surface area (Å²) in [7, 11) is 3.13. The molecule has 0 saturated heterocycles. The van der Waals surface area contributed by atoms with E-state index in [1.54, 1.807) is 43.7 Å². The van der Waals surface area contributed by atoms with Gasteiger partial charge < -0.3 is 14.2 Å². The lowest BCUT2D eigenvalue weighted by Gasteiger charge is -2.17. The van der Waals surface area contributed by atoms with Crippen LogP contribution in [0.2, 0.25) is 0 Å². The molecule has 0 radical (unpaired) electrons. The zero-order valence-electron chi connectivity index (χ0n) is 21.7. The van der Waals surface area contributed by atoms with Crippen LogP contribution < -0.4 is 19.8 Å². The average Bonchev–Trinajstić information content (AvgIpc) is 2.88. The molecule has 8 heteroatoms. The standard InChI is InChI=1S/C29H29N3O5/c1-17(2)22-15-23(18(3)13-26(22)35-5)28-31-24-10-8-7-9-21(24)29(34)32(28)30-16-20-11-12-25(37-19(4)33)27(14-20)36-6/h7-17H,1-6H3. The van der Waals surface area contributed by atoms with Crippen LogP contribution in [-0.4, -0.2) is 36.1 Å². The third-order valence-electron chi connectivity index (χ3n) is 5.96. The van der Waals surface area contributed by atoms with Gasteiger partial charge in [-0.1, -0.05) is 26.0 Å². The molecule has 37 heavy (non-hydrogen) atoms. The van der Waals surface area contributed by atoms with Crippen LogP contribution in [0.5, 0.6) is 17.2 Å². The van der Waals surface area contributed by atoms with Crippen molar-refractivity contribution < 1.29 is 19.0 Å². The third-order valence-corrected chi connectivity index (χ3v) is 5.96. The highest BCUT2D eigenvalue weighted by Crippen LogP contribution is 2.34. The molecule has 4 aromatic rings. The lowest BCUT2D eigenvalue weighted by molar-refractivity contribution is -0.132. The number of carbonyl (C=O) groups is 1. The Morgan fingerprint density at radius 2 is 1.73 bits per heavy atom. The second kappa shape index (κ2) is 10.7. The first-order valence-electron chi connectivity index (χ1n) is 11.8. The maximum absolute atomic E-state index is 13.6. The lowest BCUT2D eigenvalue weighted by atomic mass is 9.96. The topological polar surface area (TPSA) is 92.0 Å². The van der Waals surface area contributed by atoms with Crippen molar-refractivity contribution in [3.05, 3.63) is 81.6 Å². The van der Waals surface area contributed by atoms with Crippen LogP contribution in [0.1, 0.15) is 43.4 Å². The largest absolute Gasteiger partial charge is 0.496 e. The molecule has 0 aliphatic heterocycles. The van der Waals surface area contributed by atoms with Crippen LogP contribution >= 0.6 is 0 Å². The van der Waals surface area contributed by atoms with Gasteiger partial charge in [0.05, 0.1) is 31.3 Å². The van der Waals surface area contributed by atoms with Gasteiger partial charge in [-0.15, -0.1) is 0 Å². The fraction of sp³-hybridized carbons (Fsp3) is 0.241. The Balaban J connectivity index is 1.91. The van der Waals surface area contributed by atoms with Crippen molar-refractivity contribution in [1.29, 1.82) is 0 Å². The first-order valence-corrected chi connectivity index (χ1v) is 11.8. The van der Waals surface area contributed by atoms with Gasteiger partial charge in [0, 0.05) is 12.5 Å². The van der Waals surface area contributed by atoms with Crippen molar-refractivity contribution >= 4 is 23.1 Å². The molecule has 0 saturated carbocycles. The van der Waals surface area contributed by atoms with Gasteiger partial charge in [-0.25, -0.2) is 4.98 Å². The van der Waals surface area contributed by atoms with E-state index in [0.29, 0.717) is 33.8 Å². The van der Waals surface area contributed by atoms with Gasteiger partial charge in [0.1, 0.15) is 5.75 Å². The molecule has 0 aliphatic carbocycles. The van der Waals surface area contributed by atoms with Gasteiger partial charge in [0.2, 0.25) is 0 Å². The van der Waals surface area contributed by atoms with Gasteiger partial charge >= 0.3 is 5.97 Å². The van der Waals surface area contributed by atoms with Crippen LogP contribution in [0.15, 0.2) is 64.5 Å². The third kappa shape index (κ3) is 5.23. The number of para-hydroxylation sites is 1. The predicted molar refractivity (Wildman–Crippen MR) is 144 cm³/mol. The maximum atomic E-state index is 13.6. The van der Waals surface area contributed by atoms with E-state index in [9.17, 15) is 9.59 Å². The van der Waals surface area contributed by atoms with Gasteiger partial charge in [0.25, 0.3) is 5.56 Å². The molecule has 0 fully saturated rings. The smallest absolute Gasteiger partial charge is 0.308 e. The fourth-order valence-corrected chi connectivity index (χ4v) is 4.10. The van der Waals surface area contributed by atoms with Crippen LogP contribution in [-0.2, 0) is 4.79 Å². The van der Waals surface area contributed by atoms with E-state index in [1.165, 1.54) is 18.7 Å². The SMILES string of the molecule is COc1cc(C=Nn2c(-c3cc(C(C)C)c(OC)cc3C)nc3ccccc3c2=O)ccc1OC(C)=O. The minimum Gasteiger partial charge on any atom is -0.496 e. The van der Waals surface area contributed by atoms with Crippen LogP contribution in [0.4, 0.5) is 0 Å². The summed E-state index contributed by atoms with van der Waals surface area (Å²) < 4.78 is 17.4. The van der Waals surface area contributed by atoms with E-state index >= 15 is 0 Å². The summed E-state index contributed by atoms with van der Waals surface area (Å²) in [4.78, 5) is 29.8. The van der Waals surface area contributed by atoms with Crippen LogP contribution in [0, 0.1) is 6.92 Å². The van der Waals surface area contributed by atoms with Crippen LogP contribution in [0.25, 0.3) is 22.3 Å². The summed E-state index contributed by atoms with van der Waals surface area (Å²) in [6.45, 7) is 7.45. The van der Waals surface area contributed by atoms with E-state index < -0.39 is 5.97 Å². The van der Waals surface area contributed by atoms with Crippen molar-refractivity contribution in [2.24, 2.45) is 5.10 Å². The maximum Gasteiger partial charge on any atom is 0.308 e. The zero-order valence-corrected chi connectivity index (χ0v) is 21.7. The number of nitrogens with zero attached hydrogens (tertiary/aromatic N) is 3. The van der Waals surface area contributed by atoms with Crippen molar-refractivity contribution in [3.8, 4) is 28.6 Å². The molecule has 0 aliphatic rings. The molecule has 0 bridgehead atoms. The van der Waals surface area contributed by atoms with E-state index in [2.05, 4.69) is 18.9 Å². The highest BCUT2D eigenvalue weighted by molar-refractivity contribution is 5.83. The lowest BCUT2D eigenvalue weighted by Crippen LogP contribution is -2.20. The van der Waals surface area contributed by atoms with E-state index in [0.717, 1.165) is 22.4 Å². The molecule has 3 aromatic carbocycles. The number of methoxy groups -OCH3 is 2. The molecule has 1 heterocycles. The fourth-order valence-electron chi connectivity index (χ4n) is 4.10. The number of hydrogen-bond acceptors (Lipinski definition) is 7. The number of fused-ring (bicyclic) bond motifs is 1. The van der Waals surface area contributed by atoms with Crippen molar-refractivity contribution in [2.75, 3.05) is 14.2 Å². The Kier molecular flexibility index (Phi) is 7.38. The summed E-state index contributed by atoms with van der Waals surface area (Å²) in [6.07, 6.45) is 1.55. The first-order chi connectivity index (χ1) is 17.7. The molecule has 0 amide bonds. The number of esters is 1. The molecule has 1 aromatic heterocycles. The second-order valence-corrected chi connectivity index (χ2v) is 8.88. The summed E-state index contributed by atoms with van der Waals surface area (Å²) in [5.41, 5.74) is 3.64. The van der Waals surface area contributed by atoms with E-state index in [1.807, 2.05) is 31.2 Å². The predicted octanol–water partition coefficient (Wildman–Crippen LogP) is 5.32. The Hall–Kier alpha value is -4.46. The Morgan fingerprint density at radius 1 is 1.00 bits per heavy atom. The molecular weight excluding hydrogens is 470 g/mol. The minimum absolute atomic E-state index is 0.196. The summed E-state index contributed by atoms with van der Waals surface area (Å²) >= 11 is 0. The number of carbonyl (C=O) groups excluding carboxylic acids is 1. The number of aryl methyl sites for hydroxylation is 1. The van der Waals surface area contributed by atoms with Gasteiger partial charge in [-0.3, -0.25) is 9.59 Å². The summed E-state index contributed by atoms with van der Waals surface area (Å²) in [5, 5.41) is 5.01. The van der Waals surface area contributed by atoms with Crippen molar-refractivity contribution in [2.45, 2.75) is 33.6 Å². The molecule has 0 unspecified atom stereocenters. The molecule has 0 N–H and O–H groups in total. The number of rotatable bonds is 7. The van der Waals surface area contributed by atoms with Gasteiger partial charge in [0.15, 0.2) is 17.3 Å². The second-order valence-electron chi connectivity index (χ2n) is 8.88. The Morgan fingerprint density at radius 3 is 2.41 bits per heavy atom. The summed E-state index contributed by atoms with van der Waals surface area (Å²) in [5.74, 6) is 1.62. The Labute approximate surface area is 215 Å². The minimum atomic E-state index is -0.450. The normalized spacial score (nSPS) is 11.3. The number of hydrogen-bond donors (Lipinski definition) is 0. The molecule has 8 nitrogen and oxygen atoms in total. The van der Waals surface area contributed by atoms with Crippen molar-refractivity contribution in [3.63, 3.8) is 0 Å². The van der Waals surface area contributed by atoms with Gasteiger partial charge in [-0.2, -0.15) is 9.78 Å². The Bertz CT molecular complexity index is 1570. The molecule has 4 rings (SSSR count). The van der Waals surface area contributed by atoms with Crippen molar-refractivity contribution in [1.82, 2.24) is 9.66 Å². The van der Waals surface area contributed by atoms with Gasteiger partial charge in [-0.05, 0) is 72.0 Å². The highest BCUT2D eigenvalue weighted by atomic mass is 16.6. The van der Waals surface area contributed by atoms with Crippen LogP contribution in [0.3, 0.4) is 0 Å². The quantitative estimate of drug-likeness (QED) is 0.194. The molecule has 0 atom stereocenters. The molecular formula is C29H29N3O5. The highest BCUT2D eigenvalue weighted by Gasteiger charge is 2.18.